The molecule has 2 aliphatic rings. The zero-order valence-corrected chi connectivity index (χ0v) is 27.3. The lowest BCUT2D eigenvalue weighted by Gasteiger charge is -2.37. The van der Waals surface area contributed by atoms with Crippen LogP contribution in [0.5, 0.6) is 0 Å². The molecule has 0 fully saturated rings. The van der Waals surface area contributed by atoms with Gasteiger partial charge in [-0.3, -0.25) is 28.8 Å². The molecule has 3 aromatic rings. The van der Waals surface area contributed by atoms with Gasteiger partial charge >= 0.3 is 0 Å². The lowest BCUT2D eigenvalue weighted by Crippen LogP contribution is -2.50. The Morgan fingerprint density at radius 3 is 2.65 bits per heavy atom. The Bertz CT molecular complexity index is 1600. The molecule has 244 valence electrons. The van der Waals surface area contributed by atoms with Crippen LogP contribution in [0.15, 0.2) is 30.7 Å². The molecule has 13 nitrogen and oxygen atoms in total. The van der Waals surface area contributed by atoms with Gasteiger partial charge in [-0.1, -0.05) is 13.8 Å². The summed E-state index contributed by atoms with van der Waals surface area (Å²) in [6.07, 6.45) is 7.92. The molecule has 13 heteroatoms. The average molecular weight is 630 g/mol. The van der Waals surface area contributed by atoms with E-state index in [9.17, 15) is 19.2 Å². The molecule has 1 unspecified atom stereocenters. The van der Waals surface area contributed by atoms with E-state index in [0.29, 0.717) is 54.5 Å². The lowest BCUT2D eigenvalue weighted by atomic mass is 9.89. The van der Waals surface area contributed by atoms with E-state index in [-0.39, 0.29) is 55.8 Å². The third kappa shape index (κ3) is 7.24. The van der Waals surface area contributed by atoms with Gasteiger partial charge in [-0.25, -0.2) is 9.97 Å². The molecule has 1 aliphatic heterocycles. The highest BCUT2D eigenvalue weighted by molar-refractivity contribution is 5.98. The van der Waals surface area contributed by atoms with E-state index in [2.05, 4.69) is 39.2 Å². The first-order valence-electron chi connectivity index (χ1n) is 15.9. The number of rotatable bonds is 5. The Morgan fingerprint density at radius 2 is 1.93 bits per heavy atom. The molecule has 0 saturated carbocycles. The number of aryl methyl sites for hydroxylation is 2. The normalized spacial score (nSPS) is 18.3. The number of carbonyl (C=O) groups excluding carboxylic acids is 4. The maximum absolute atomic E-state index is 14.2. The number of fused-ring (bicyclic) bond motifs is 1. The summed E-state index contributed by atoms with van der Waals surface area (Å²) in [6.45, 7) is 6.81. The molecule has 0 saturated heterocycles. The minimum Gasteiger partial charge on any atom is -0.354 e. The molecular formula is C33H43N9O4. The maximum Gasteiger partial charge on any atom is 0.274 e. The summed E-state index contributed by atoms with van der Waals surface area (Å²) >= 11 is 0. The minimum atomic E-state index is -0.342. The molecule has 4 heterocycles. The quantitative estimate of drug-likeness (QED) is 0.451. The second-order valence-electron chi connectivity index (χ2n) is 12.6. The van der Waals surface area contributed by atoms with Gasteiger partial charge in [0, 0.05) is 75.2 Å². The van der Waals surface area contributed by atoms with E-state index in [1.165, 1.54) is 16.0 Å². The summed E-state index contributed by atoms with van der Waals surface area (Å²) in [5.74, 6) is -0.290. The van der Waals surface area contributed by atoms with Crippen LogP contribution in [0.2, 0.25) is 0 Å². The van der Waals surface area contributed by atoms with Crippen molar-refractivity contribution >= 4 is 23.6 Å². The molecule has 0 spiro atoms. The zero-order valence-electron chi connectivity index (χ0n) is 27.3. The summed E-state index contributed by atoms with van der Waals surface area (Å²) in [7, 11) is 3.42. The fraction of sp³-hybridized carbons (Fsp3) is 0.515. The van der Waals surface area contributed by atoms with E-state index >= 15 is 0 Å². The number of pyridine rings is 1. The van der Waals surface area contributed by atoms with E-state index < -0.39 is 0 Å². The van der Waals surface area contributed by atoms with Crippen LogP contribution >= 0.6 is 0 Å². The summed E-state index contributed by atoms with van der Waals surface area (Å²) in [4.78, 5) is 72.4. The monoisotopic (exact) mass is 629 g/mol. The van der Waals surface area contributed by atoms with Gasteiger partial charge in [-0.2, -0.15) is 5.10 Å². The first kappa shape index (κ1) is 32.7. The number of aromatic nitrogens is 5. The van der Waals surface area contributed by atoms with Crippen molar-refractivity contribution in [1.82, 2.24) is 44.7 Å². The van der Waals surface area contributed by atoms with Crippen molar-refractivity contribution < 1.29 is 19.2 Å². The molecule has 1 aliphatic carbocycles. The Balaban J connectivity index is 1.47. The first-order valence-corrected chi connectivity index (χ1v) is 15.9. The van der Waals surface area contributed by atoms with Crippen molar-refractivity contribution in [3.8, 4) is 11.4 Å². The molecule has 2 bridgehead atoms. The fourth-order valence-electron chi connectivity index (χ4n) is 6.13. The highest BCUT2D eigenvalue weighted by Crippen LogP contribution is 2.29. The van der Waals surface area contributed by atoms with Crippen molar-refractivity contribution in [1.29, 1.82) is 0 Å². The highest BCUT2D eigenvalue weighted by atomic mass is 16.2. The molecule has 3 aromatic heterocycles. The average Bonchev–Trinajstić information content (AvgIpc) is 3.37. The highest BCUT2D eigenvalue weighted by Gasteiger charge is 2.35. The van der Waals surface area contributed by atoms with Crippen LogP contribution in [0.25, 0.3) is 11.4 Å². The minimum absolute atomic E-state index is 0.116. The predicted molar refractivity (Wildman–Crippen MR) is 171 cm³/mol. The predicted octanol–water partition coefficient (Wildman–Crippen LogP) is 2.05. The molecule has 4 amide bonds. The van der Waals surface area contributed by atoms with Gasteiger partial charge in [0.25, 0.3) is 11.8 Å². The van der Waals surface area contributed by atoms with Gasteiger partial charge in [0.15, 0.2) is 11.5 Å². The molecule has 46 heavy (non-hydrogen) atoms. The van der Waals surface area contributed by atoms with Gasteiger partial charge in [-0.05, 0) is 57.1 Å². The summed E-state index contributed by atoms with van der Waals surface area (Å²) < 4.78 is 1.74. The third-order valence-electron chi connectivity index (χ3n) is 8.74. The second kappa shape index (κ2) is 14.2. The number of nitrogens with one attached hydrogen (secondary N) is 1. The van der Waals surface area contributed by atoms with Crippen LogP contribution < -0.4 is 5.32 Å². The topological polar surface area (TPSA) is 147 Å². The second-order valence-corrected chi connectivity index (χ2v) is 12.6. The first-order chi connectivity index (χ1) is 22.0. The molecular weight excluding hydrogens is 586 g/mol. The molecule has 0 aromatic carbocycles. The van der Waals surface area contributed by atoms with Crippen LogP contribution in [0, 0.1) is 12.8 Å². The van der Waals surface area contributed by atoms with Gasteiger partial charge in [0.2, 0.25) is 11.8 Å². The van der Waals surface area contributed by atoms with Crippen molar-refractivity contribution in [2.75, 3.05) is 39.8 Å². The van der Waals surface area contributed by atoms with Crippen LogP contribution in [-0.2, 0) is 29.5 Å². The Morgan fingerprint density at radius 1 is 1.13 bits per heavy atom. The summed E-state index contributed by atoms with van der Waals surface area (Å²) in [5, 5.41) is 7.39. The van der Waals surface area contributed by atoms with Crippen molar-refractivity contribution in [3.63, 3.8) is 0 Å². The van der Waals surface area contributed by atoms with E-state index in [1.54, 1.807) is 37.1 Å². The Hall–Kier alpha value is -4.68. The molecule has 5 rings (SSSR count). The van der Waals surface area contributed by atoms with Gasteiger partial charge in [-0.15, -0.1) is 0 Å². The third-order valence-corrected chi connectivity index (χ3v) is 8.74. The van der Waals surface area contributed by atoms with Crippen LogP contribution in [0.1, 0.15) is 70.9 Å². The number of amides is 4. The van der Waals surface area contributed by atoms with Crippen molar-refractivity contribution in [2.24, 2.45) is 13.0 Å². The maximum atomic E-state index is 14.2. The van der Waals surface area contributed by atoms with Crippen molar-refractivity contribution in [2.45, 2.75) is 58.9 Å². The van der Waals surface area contributed by atoms with Gasteiger partial charge < -0.3 is 20.0 Å². The van der Waals surface area contributed by atoms with Crippen LogP contribution in [0.4, 0.5) is 0 Å². The lowest BCUT2D eigenvalue weighted by molar-refractivity contribution is -0.134. The number of likely N-dealkylation sites (N-methyl/N-ethyl adjacent to an activating group) is 1. The largest absolute Gasteiger partial charge is 0.354 e. The van der Waals surface area contributed by atoms with E-state index in [0.717, 1.165) is 29.7 Å². The fourth-order valence-corrected chi connectivity index (χ4v) is 6.13. The molecule has 1 atom stereocenters. The number of hydrogen-bond acceptors (Lipinski definition) is 8. The SMILES string of the molecule is Cc1nc(-c2cccnc2)ncc1C(=O)N1CCCNC(=O)CN(C)C(=O)c2nn(C)c3c2CC(CC3)N(CCC(C)C)C(=O)C1. The number of nitrogens with zero attached hydrogens (tertiary/aromatic N) is 8. The Labute approximate surface area is 269 Å². The van der Waals surface area contributed by atoms with Gasteiger partial charge in [0.1, 0.15) is 6.54 Å². The number of carbonyl (C=O) groups is 4. The van der Waals surface area contributed by atoms with Crippen LogP contribution in [0.3, 0.4) is 0 Å². The summed E-state index contributed by atoms with van der Waals surface area (Å²) in [6, 6.07) is 3.49. The van der Waals surface area contributed by atoms with E-state index in [1.807, 2.05) is 18.0 Å². The smallest absolute Gasteiger partial charge is 0.274 e. The number of hydrogen-bond donors (Lipinski definition) is 1. The zero-order chi connectivity index (χ0) is 33.0. The molecule has 1 N–H and O–H groups in total. The standard InChI is InChI=1S/C33H43N9O4/c1-21(2)11-15-42-24-9-10-27-25(16-24)30(38-40(27)5)33(46)39(4)19-28(43)35-13-7-14-41(20-29(42)44)32(45)26-18-36-31(37-22(26)3)23-8-6-12-34-17-23/h6,8,12,17-18,21,24H,7,9-11,13-16,19-20H2,1-5H3,(H,35,43). The van der Waals surface area contributed by atoms with E-state index in [4.69, 9.17) is 0 Å². The Kier molecular flexibility index (Phi) is 10.1. The van der Waals surface area contributed by atoms with Crippen LogP contribution in [-0.4, -0.2) is 109 Å². The summed E-state index contributed by atoms with van der Waals surface area (Å²) in [5.41, 5.74) is 3.66. The molecule has 0 radical (unpaired) electrons. The van der Waals surface area contributed by atoms with Gasteiger partial charge in [0.05, 0.1) is 17.8 Å². The van der Waals surface area contributed by atoms with Crippen molar-refractivity contribution in [3.05, 3.63) is 58.9 Å².